The number of aryl methyl sites for hydroxylation is 4. The van der Waals surface area contributed by atoms with Gasteiger partial charge in [-0.25, -0.2) is 9.67 Å². The van der Waals surface area contributed by atoms with Crippen molar-refractivity contribution >= 4 is 16.9 Å². The maximum Gasteiger partial charge on any atom is 0.252 e. The fraction of sp³-hybridized carbons (Fsp3) is 0.240. The fourth-order valence-corrected chi connectivity index (χ4v) is 3.65. The minimum absolute atomic E-state index is 0.144. The van der Waals surface area contributed by atoms with Crippen LogP contribution in [0.5, 0.6) is 5.75 Å². The third-order valence-corrected chi connectivity index (χ3v) is 5.53. The first-order chi connectivity index (χ1) is 14.9. The Morgan fingerprint density at radius 3 is 2.42 bits per heavy atom. The number of rotatable bonds is 5. The molecule has 0 spiro atoms. The van der Waals surface area contributed by atoms with E-state index < -0.39 is 0 Å². The van der Waals surface area contributed by atoms with Crippen LogP contribution >= 0.6 is 0 Å². The van der Waals surface area contributed by atoms with Crippen LogP contribution in [0, 0.1) is 27.7 Å². The zero-order valence-corrected chi connectivity index (χ0v) is 18.5. The topological polar surface area (TPSA) is 69.0 Å². The molecule has 158 valence electrons. The Kier molecular flexibility index (Phi) is 5.46. The normalized spacial score (nSPS) is 11.0. The summed E-state index contributed by atoms with van der Waals surface area (Å²) in [5.41, 5.74) is 7.16. The molecule has 0 unspecified atom stereocenters. The Morgan fingerprint density at radius 2 is 1.74 bits per heavy atom. The van der Waals surface area contributed by atoms with E-state index in [1.54, 1.807) is 7.11 Å². The van der Waals surface area contributed by atoms with Gasteiger partial charge in [0.05, 0.1) is 29.4 Å². The molecule has 0 atom stereocenters. The lowest BCUT2D eigenvalue weighted by Gasteiger charge is -2.10. The SMILES string of the molecule is COc1ccc(CNC(=O)c2cc(C)nc3c2c(C)nn3-c2ccc(C)c(C)c2)cc1. The highest BCUT2D eigenvalue weighted by molar-refractivity contribution is 6.06. The van der Waals surface area contributed by atoms with Crippen molar-refractivity contribution in [1.82, 2.24) is 20.1 Å². The first-order valence-electron chi connectivity index (χ1n) is 10.2. The van der Waals surface area contributed by atoms with Crippen molar-refractivity contribution in [1.29, 1.82) is 0 Å². The second-order valence-electron chi connectivity index (χ2n) is 7.81. The second kappa shape index (κ2) is 8.22. The highest BCUT2D eigenvalue weighted by atomic mass is 16.5. The number of hydrogen-bond donors (Lipinski definition) is 1. The van der Waals surface area contributed by atoms with E-state index in [2.05, 4.69) is 31.3 Å². The number of benzene rings is 2. The second-order valence-corrected chi connectivity index (χ2v) is 7.81. The Hall–Kier alpha value is -3.67. The maximum absolute atomic E-state index is 13.1. The summed E-state index contributed by atoms with van der Waals surface area (Å²) in [4.78, 5) is 17.8. The highest BCUT2D eigenvalue weighted by Gasteiger charge is 2.19. The summed E-state index contributed by atoms with van der Waals surface area (Å²) < 4.78 is 7.01. The van der Waals surface area contributed by atoms with Crippen LogP contribution in [0.3, 0.4) is 0 Å². The molecule has 1 amide bonds. The summed E-state index contributed by atoms with van der Waals surface area (Å²) in [7, 11) is 1.63. The first kappa shape index (κ1) is 20.6. The number of methoxy groups -OCH3 is 1. The van der Waals surface area contributed by atoms with Crippen molar-refractivity contribution < 1.29 is 9.53 Å². The summed E-state index contributed by atoms with van der Waals surface area (Å²) in [6, 6.07) is 15.7. The predicted octanol–water partition coefficient (Wildman–Crippen LogP) is 4.59. The van der Waals surface area contributed by atoms with Crippen molar-refractivity contribution in [2.24, 2.45) is 0 Å². The van der Waals surface area contributed by atoms with Gasteiger partial charge in [0.25, 0.3) is 5.91 Å². The van der Waals surface area contributed by atoms with Gasteiger partial charge in [-0.15, -0.1) is 0 Å². The number of amides is 1. The molecule has 0 fully saturated rings. The van der Waals surface area contributed by atoms with Gasteiger partial charge < -0.3 is 10.1 Å². The van der Waals surface area contributed by atoms with Crippen molar-refractivity contribution in [3.8, 4) is 11.4 Å². The molecule has 0 aliphatic rings. The van der Waals surface area contributed by atoms with E-state index in [9.17, 15) is 4.79 Å². The van der Waals surface area contributed by atoms with Gasteiger partial charge in [0.1, 0.15) is 5.75 Å². The predicted molar refractivity (Wildman–Crippen MR) is 122 cm³/mol. The van der Waals surface area contributed by atoms with Crippen molar-refractivity contribution in [2.75, 3.05) is 7.11 Å². The Bertz CT molecular complexity index is 1270. The Balaban J connectivity index is 1.70. The molecule has 0 saturated heterocycles. The minimum atomic E-state index is -0.144. The van der Waals surface area contributed by atoms with Crippen LogP contribution in [-0.4, -0.2) is 27.8 Å². The quantitative estimate of drug-likeness (QED) is 0.518. The molecule has 0 saturated carbocycles. The van der Waals surface area contributed by atoms with Crippen LogP contribution in [0.25, 0.3) is 16.7 Å². The molecule has 0 bridgehead atoms. The lowest BCUT2D eigenvalue weighted by atomic mass is 10.1. The molecule has 0 radical (unpaired) electrons. The summed E-state index contributed by atoms with van der Waals surface area (Å²) in [5, 5.41) is 8.51. The van der Waals surface area contributed by atoms with Crippen molar-refractivity contribution in [3.63, 3.8) is 0 Å². The molecule has 4 rings (SSSR count). The molecule has 2 aromatic carbocycles. The fourth-order valence-electron chi connectivity index (χ4n) is 3.65. The van der Waals surface area contributed by atoms with Gasteiger partial charge in [0.2, 0.25) is 0 Å². The van der Waals surface area contributed by atoms with E-state index in [4.69, 9.17) is 14.8 Å². The lowest BCUT2D eigenvalue weighted by Crippen LogP contribution is -2.23. The van der Waals surface area contributed by atoms with Crippen LogP contribution in [0.15, 0.2) is 48.5 Å². The van der Waals surface area contributed by atoms with Gasteiger partial charge in [-0.3, -0.25) is 4.79 Å². The molecule has 0 aliphatic carbocycles. The molecule has 1 N–H and O–H groups in total. The van der Waals surface area contributed by atoms with Crippen molar-refractivity contribution in [2.45, 2.75) is 34.2 Å². The number of hydrogen-bond acceptors (Lipinski definition) is 4. The zero-order chi connectivity index (χ0) is 22.1. The van der Waals surface area contributed by atoms with Gasteiger partial charge in [0, 0.05) is 12.2 Å². The Labute approximate surface area is 181 Å². The molecule has 31 heavy (non-hydrogen) atoms. The number of pyridine rings is 1. The molecule has 0 aliphatic heterocycles. The average molecular weight is 415 g/mol. The number of carbonyl (C=O) groups excluding carboxylic acids is 1. The van der Waals surface area contributed by atoms with E-state index in [0.717, 1.165) is 33.8 Å². The molecule has 2 heterocycles. The first-order valence-corrected chi connectivity index (χ1v) is 10.2. The van der Waals surface area contributed by atoms with Crippen LogP contribution in [0.2, 0.25) is 0 Å². The van der Waals surface area contributed by atoms with Crippen molar-refractivity contribution in [3.05, 3.63) is 82.2 Å². The maximum atomic E-state index is 13.1. The number of aromatic nitrogens is 3. The smallest absolute Gasteiger partial charge is 0.252 e. The van der Waals surface area contributed by atoms with Gasteiger partial charge in [-0.05, 0) is 74.7 Å². The summed E-state index contributed by atoms with van der Waals surface area (Å²) in [6.07, 6.45) is 0. The molecule has 4 aromatic rings. The van der Waals surface area contributed by atoms with E-state index in [1.807, 2.05) is 54.9 Å². The largest absolute Gasteiger partial charge is 0.497 e. The van der Waals surface area contributed by atoms with E-state index in [1.165, 1.54) is 11.1 Å². The van der Waals surface area contributed by atoms with Crippen LogP contribution in [0.4, 0.5) is 0 Å². The van der Waals surface area contributed by atoms with Gasteiger partial charge in [-0.1, -0.05) is 18.2 Å². The molecular formula is C25H26N4O2. The van der Waals surface area contributed by atoms with Crippen LogP contribution < -0.4 is 10.1 Å². The number of carbonyl (C=O) groups is 1. The van der Waals surface area contributed by atoms with E-state index >= 15 is 0 Å². The third kappa shape index (κ3) is 4.01. The van der Waals surface area contributed by atoms with Gasteiger partial charge >= 0.3 is 0 Å². The van der Waals surface area contributed by atoms with Crippen LogP contribution in [0.1, 0.15) is 38.4 Å². The summed E-state index contributed by atoms with van der Waals surface area (Å²) >= 11 is 0. The average Bonchev–Trinajstić information content (AvgIpc) is 3.09. The third-order valence-electron chi connectivity index (χ3n) is 5.53. The number of fused-ring (bicyclic) bond motifs is 1. The molecular weight excluding hydrogens is 388 g/mol. The minimum Gasteiger partial charge on any atom is -0.497 e. The number of nitrogens with zero attached hydrogens (tertiary/aromatic N) is 3. The van der Waals surface area contributed by atoms with E-state index in [0.29, 0.717) is 17.8 Å². The monoisotopic (exact) mass is 414 g/mol. The standard InChI is InChI=1S/C25H26N4O2/c1-15-6-9-20(12-16(15)2)29-24-23(18(4)28-29)22(13-17(3)27-24)25(30)26-14-19-7-10-21(31-5)11-8-19/h6-13H,14H2,1-5H3,(H,26,30). The molecule has 6 nitrogen and oxygen atoms in total. The van der Waals surface area contributed by atoms with Gasteiger partial charge in [-0.2, -0.15) is 5.10 Å². The highest BCUT2D eigenvalue weighted by Crippen LogP contribution is 2.26. The van der Waals surface area contributed by atoms with E-state index in [-0.39, 0.29) is 5.91 Å². The summed E-state index contributed by atoms with van der Waals surface area (Å²) in [5.74, 6) is 0.643. The lowest BCUT2D eigenvalue weighted by molar-refractivity contribution is 0.0952. The Morgan fingerprint density at radius 1 is 1.00 bits per heavy atom. The van der Waals surface area contributed by atoms with Gasteiger partial charge in [0.15, 0.2) is 5.65 Å². The van der Waals surface area contributed by atoms with Crippen LogP contribution in [-0.2, 0) is 6.54 Å². The zero-order valence-electron chi connectivity index (χ0n) is 18.5. The molecule has 6 heteroatoms. The summed E-state index contributed by atoms with van der Waals surface area (Å²) in [6.45, 7) is 8.40. The number of ether oxygens (including phenoxy) is 1. The number of nitrogens with one attached hydrogen (secondary N) is 1. The molecule has 2 aromatic heterocycles.